The lowest BCUT2D eigenvalue weighted by Crippen LogP contribution is -2.37. The zero-order valence-electron chi connectivity index (χ0n) is 18.5. The second-order valence-corrected chi connectivity index (χ2v) is 9.05. The zero-order chi connectivity index (χ0) is 24.8. The average Bonchev–Trinajstić information content (AvgIpc) is 3.25. The largest absolute Gasteiger partial charge is 0.506 e. The molecular weight excluding hydrogens is 476 g/mol. The number of hydrazine groups is 1. The molecule has 0 aliphatic carbocycles. The van der Waals surface area contributed by atoms with Crippen LogP contribution in [0.4, 0.5) is 5.82 Å². The van der Waals surface area contributed by atoms with Crippen molar-refractivity contribution in [1.82, 2.24) is 25.0 Å². The van der Waals surface area contributed by atoms with Crippen molar-refractivity contribution in [3.8, 4) is 17.6 Å². The number of pyridine rings is 1. The molecule has 10 nitrogen and oxygen atoms in total. The predicted molar refractivity (Wildman–Crippen MR) is 135 cm³/mol. The average molecular weight is 493 g/mol. The Morgan fingerprint density at radius 3 is 2.75 bits per heavy atom. The molecule has 0 fully saturated rings. The predicted octanol–water partition coefficient (Wildman–Crippen LogP) is 1.27. The topological polar surface area (TPSA) is 156 Å². The number of nitrogens with two attached hydrogens (primary N) is 1. The van der Waals surface area contributed by atoms with Gasteiger partial charge in [-0.05, 0) is 34.5 Å². The van der Waals surface area contributed by atoms with Crippen molar-refractivity contribution in [2.45, 2.75) is 5.92 Å². The van der Waals surface area contributed by atoms with Gasteiger partial charge in [0.1, 0.15) is 15.9 Å². The number of nitrogens with zero attached hydrogens (tertiary/aromatic N) is 6. The summed E-state index contributed by atoms with van der Waals surface area (Å²) in [6.07, 6.45) is 3.32. The molecule has 1 atom stereocenters. The third kappa shape index (κ3) is 3.17. The molecule has 3 aromatic heterocycles. The molecule has 2 aromatic carbocycles. The van der Waals surface area contributed by atoms with Gasteiger partial charge in [0, 0.05) is 11.6 Å². The Balaban J connectivity index is 1.72. The van der Waals surface area contributed by atoms with Crippen molar-refractivity contribution in [2.24, 2.45) is 5.84 Å². The number of phenolic OH excluding ortho intramolecular Hbond substituents is 1. The Morgan fingerprint density at radius 1 is 1.14 bits per heavy atom. The molecule has 6 rings (SSSR count). The fourth-order valence-electron chi connectivity index (χ4n) is 4.52. The molecule has 0 amide bonds. The van der Waals surface area contributed by atoms with Gasteiger partial charge in [0.15, 0.2) is 11.6 Å². The van der Waals surface area contributed by atoms with E-state index >= 15 is 0 Å². The molecule has 0 saturated carbocycles. The first-order valence-electron chi connectivity index (χ1n) is 10.8. The fraction of sp³-hybridized carbons (Fsp3) is 0.0400. The number of aromatic hydroxyl groups is 1. The normalized spacial score (nSPS) is 14.8. The highest BCUT2D eigenvalue weighted by molar-refractivity contribution is 7.07. The van der Waals surface area contributed by atoms with Crippen LogP contribution in [-0.2, 0) is 0 Å². The van der Waals surface area contributed by atoms with Crippen LogP contribution < -0.4 is 26.0 Å². The minimum absolute atomic E-state index is 0.0502. The van der Waals surface area contributed by atoms with Crippen LogP contribution in [-0.4, -0.2) is 30.1 Å². The van der Waals surface area contributed by atoms with E-state index in [1.54, 1.807) is 24.4 Å². The molecule has 1 unspecified atom stereocenters. The molecule has 4 N–H and O–H groups in total. The SMILES string of the molecule is N#CC1=c2s/c(=C/c3ccc(O)c4ncccc34)c(=O)n2-c2nnnc(NN)c2C1c1ccccc1. The summed E-state index contributed by atoms with van der Waals surface area (Å²) < 4.78 is 2.23. The van der Waals surface area contributed by atoms with Gasteiger partial charge in [-0.1, -0.05) is 42.5 Å². The molecule has 0 saturated heterocycles. The third-order valence-electron chi connectivity index (χ3n) is 6.08. The summed E-state index contributed by atoms with van der Waals surface area (Å²) in [5, 5.41) is 33.1. The lowest BCUT2D eigenvalue weighted by Gasteiger charge is -2.24. The van der Waals surface area contributed by atoms with Crippen LogP contribution in [0, 0.1) is 11.3 Å². The molecule has 4 heterocycles. The molecule has 174 valence electrons. The minimum Gasteiger partial charge on any atom is -0.506 e. The van der Waals surface area contributed by atoms with Gasteiger partial charge in [-0.2, -0.15) is 5.26 Å². The highest BCUT2D eigenvalue weighted by Crippen LogP contribution is 2.39. The number of hydrogen-bond donors (Lipinski definition) is 3. The van der Waals surface area contributed by atoms with Crippen LogP contribution in [0.5, 0.6) is 5.75 Å². The summed E-state index contributed by atoms with van der Waals surface area (Å²) >= 11 is 1.19. The number of nitrogen functional groups attached to an aromatic ring is 1. The number of nitrogens with one attached hydrogen (secondary N) is 1. The van der Waals surface area contributed by atoms with Gasteiger partial charge in [0.05, 0.1) is 27.7 Å². The van der Waals surface area contributed by atoms with Crippen molar-refractivity contribution < 1.29 is 5.11 Å². The first-order chi connectivity index (χ1) is 17.6. The van der Waals surface area contributed by atoms with E-state index in [1.165, 1.54) is 22.0 Å². The summed E-state index contributed by atoms with van der Waals surface area (Å²) in [6, 6.07) is 18.6. The Hall–Kier alpha value is -4.92. The number of rotatable bonds is 3. The number of thiazole rings is 1. The summed E-state index contributed by atoms with van der Waals surface area (Å²) in [4.78, 5) is 17.9. The van der Waals surface area contributed by atoms with Gasteiger partial charge in [-0.15, -0.1) is 21.5 Å². The molecule has 0 spiro atoms. The van der Waals surface area contributed by atoms with E-state index in [9.17, 15) is 15.2 Å². The van der Waals surface area contributed by atoms with Crippen LogP contribution in [0.2, 0.25) is 0 Å². The number of phenols is 1. The third-order valence-corrected chi connectivity index (χ3v) is 7.19. The molecule has 11 heteroatoms. The van der Waals surface area contributed by atoms with Crippen LogP contribution in [0.3, 0.4) is 0 Å². The number of nitriles is 1. The first kappa shape index (κ1) is 21.6. The first-order valence-corrected chi connectivity index (χ1v) is 11.6. The van der Waals surface area contributed by atoms with Crippen molar-refractivity contribution in [2.75, 3.05) is 5.43 Å². The second kappa shape index (κ2) is 8.38. The van der Waals surface area contributed by atoms with E-state index in [-0.39, 0.29) is 22.9 Å². The number of benzene rings is 2. The lowest BCUT2D eigenvalue weighted by atomic mass is 9.84. The Morgan fingerprint density at radius 2 is 1.97 bits per heavy atom. The maximum Gasteiger partial charge on any atom is 0.274 e. The molecule has 0 radical (unpaired) electrons. The van der Waals surface area contributed by atoms with E-state index in [4.69, 9.17) is 5.84 Å². The summed E-state index contributed by atoms with van der Waals surface area (Å²) in [5.74, 6) is 5.73. The summed E-state index contributed by atoms with van der Waals surface area (Å²) in [6.45, 7) is 0. The highest BCUT2D eigenvalue weighted by atomic mass is 32.1. The van der Waals surface area contributed by atoms with Crippen LogP contribution in [0.15, 0.2) is 65.6 Å². The number of fused-ring (bicyclic) bond motifs is 4. The molecular formula is C25H16N8O2S. The highest BCUT2D eigenvalue weighted by Gasteiger charge is 2.34. The minimum atomic E-state index is -0.551. The Bertz CT molecular complexity index is 1890. The van der Waals surface area contributed by atoms with Gasteiger partial charge in [0.2, 0.25) is 0 Å². The zero-order valence-corrected chi connectivity index (χ0v) is 19.3. The van der Waals surface area contributed by atoms with Gasteiger partial charge >= 0.3 is 0 Å². The van der Waals surface area contributed by atoms with Crippen molar-refractivity contribution in [3.05, 3.63) is 97.0 Å². The maximum atomic E-state index is 13.7. The monoisotopic (exact) mass is 492 g/mol. The van der Waals surface area contributed by atoms with Gasteiger partial charge in [0.25, 0.3) is 5.56 Å². The molecule has 0 bridgehead atoms. The van der Waals surface area contributed by atoms with E-state index in [2.05, 4.69) is 31.9 Å². The van der Waals surface area contributed by atoms with Gasteiger partial charge in [-0.3, -0.25) is 9.78 Å². The van der Waals surface area contributed by atoms with E-state index in [0.29, 0.717) is 36.8 Å². The molecule has 1 aliphatic rings. The summed E-state index contributed by atoms with van der Waals surface area (Å²) in [5.41, 5.74) is 5.01. The lowest BCUT2D eigenvalue weighted by molar-refractivity contribution is 0.480. The standard InChI is InChI=1S/C25H16N8O2S/c26-12-16-19(13-5-2-1-3-6-13)20-22(29-27)30-32-31-23(20)33-24(35)18(36-25(16)33)11-14-8-9-17(34)21-15(14)7-4-10-28-21/h1-11,19,34H,27H2,(H,29,30,31)/b18-11+. The van der Waals surface area contributed by atoms with Crippen molar-refractivity contribution in [3.63, 3.8) is 0 Å². The van der Waals surface area contributed by atoms with Gasteiger partial charge < -0.3 is 10.5 Å². The van der Waals surface area contributed by atoms with Crippen LogP contribution in [0.25, 0.3) is 28.4 Å². The van der Waals surface area contributed by atoms with Crippen LogP contribution in [0.1, 0.15) is 22.6 Å². The molecule has 36 heavy (non-hydrogen) atoms. The second-order valence-electron chi connectivity index (χ2n) is 8.02. The van der Waals surface area contributed by atoms with E-state index in [0.717, 1.165) is 5.56 Å². The smallest absolute Gasteiger partial charge is 0.274 e. The fourth-order valence-corrected chi connectivity index (χ4v) is 5.63. The number of hydrogen-bond acceptors (Lipinski definition) is 10. The maximum absolute atomic E-state index is 13.7. The van der Waals surface area contributed by atoms with Crippen molar-refractivity contribution in [1.29, 1.82) is 5.26 Å². The number of aromatic nitrogens is 5. The molecule has 1 aliphatic heterocycles. The van der Waals surface area contributed by atoms with Gasteiger partial charge in [-0.25, -0.2) is 10.4 Å². The number of anilines is 1. The Kier molecular flexibility index (Phi) is 5.03. The summed E-state index contributed by atoms with van der Waals surface area (Å²) in [7, 11) is 0. The Labute approximate surface area is 206 Å². The van der Waals surface area contributed by atoms with Crippen molar-refractivity contribution >= 4 is 39.7 Å². The van der Waals surface area contributed by atoms with Crippen LogP contribution >= 0.6 is 11.3 Å². The quantitative estimate of drug-likeness (QED) is 0.249. The van der Waals surface area contributed by atoms with E-state index in [1.807, 2.05) is 36.4 Å². The molecule has 5 aromatic rings. The van der Waals surface area contributed by atoms with E-state index < -0.39 is 5.92 Å².